The van der Waals surface area contributed by atoms with Crippen molar-refractivity contribution in [1.29, 1.82) is 0 Å². The maximum absolute atomic E-state index is 11.8. The molecule has 0 radical (unpaired) electrons. The van der Waals surface area contributed by atoms with Crippen LogP contribution >= 0.6 is 27.3 Å². The van der Waals surface area contributed by atoms with Gasteiger partial charge in [-0.3, -0.25) is 14.9 Å². The Kier molecular flexibility index (Phi) is 4.28. The van der Waals surface area contributed by atoms with E-state index in [-0.39, 0.29) is 18.0 Å². The number of thiophene rings is 1. The Hall–Kier alpha value is -1.73. The summed E-state index contributed by atoms with van der Waals surface area (Å²) in [6.07, 6.45) is 0.285. The normalized spacial score (nSPS) is 10.2. The number of carbonyl (C=O) groups excluding carboxylic acids is 1. The predicted molar refractivity (Wildman–Crippen MR) is 77.4 cm³/mol. The molecular weight excluding hydrogens is 332 g/mol. The monoisotopic (exact) mass is 340 g/mol. The summed E-state index contributed by atoms with van der Waals surface area (Å²) in [7, 11) is 0. The van der Waals surface area contributed by atoms with Gasteiger partial charge in [-0.15, -0.1) is 11.3 Å². The highest BCUT2D eigenvalue weighted by Crippen LogP contribution is 2.23. The number of rotatable bonds is 4. The molecule has 0 fully saturated rings. The van der Waals surface area contributed by atoms with Crippen LogP contribution in [-0.2, 0) is 11.2 Å². The van der Waals surface area contributed by atoms with Crippen LogP contribution in [0.15, 0.2) is 40.2 Å². The first-order valence-electron chi connectivity index (χ1n) is 5.33. The van der Waals surface area contributed by atoms with E-state index in [1.165, 1.54) is 35.6 Å². The third kappa shape index (κ3) is 3.87. The van der Waals surface area contributed by atoms with Crippen LogP contribution in [0.5, 0.6) is 0 Å². The van der Waals surface area contributed by atoms with Crippen LogP contribution in [0.2, 0.25) is 0 Å². The fourth-order valence-electron chi connectivity index (χ4n) is 1.48. The van der Waals surface area contributed by atoms with E-state index < -0.39 is 4.92 Å². The molecule has 1 aromatic carbocycles. The van der Waals surface area contributed by atoms with Crippen molar-refractivity contribution in [3.8, 4) is 0 Å². The van der Waals surface area contributed by atoms with Gasteiger partial charge in [-0.1, -0.05) is 0 Å². The highest BCUT2D eigenvalue weighted by atomic mass is 79.9. The number of nitro benzene ring substituents is 1. The Morgan fingerprint density at radius 2 is 1.95 bits per heavy atom. The van der Waals surface area contributed by atoms with Gasteiger partial charge in [0.25, 0.3) is 5.69 Å². The summed E-state index contributed by atoms with van der Waals surface area (Å²) in [4.78, 5) is 22.7. The molecule has 0 saturated carbocycles. The molecule has 0 aliphatic rings. The number of hydrogen-bond donors (Lipinski definition) is 1. The lowest BCUT2D eigenvalue weighted by atomic mass is 10.2. The van der Waals surface area contributed by atoms with Crippen LogP contribution in [0, 0.1) is 10.1 Å². The van der Waals surface area contributed by atoms with Gasteiger partial charge >= 0.3 is 0 Å². The van der Waals surface area contributed by atoms with Crippen LogP contribution < -0.4 is 5.32 Å². The van der Waals surface area contributed by atoms with Crippen molar-refractivity contribution in [2.75, 3.05) is 5.32 Å². The molecule has 0 unspecified atom stereocenters. The molecule has 1 heterocycles. The number of anilines is 1. The van der Waals surface area contributed by atoms with Gasteiger partial charge < -0.3 is 5.32 Å². The number of nitrogens with zero attached hydrogens (tertiary/aromatic N) is 1. The van der Waals surface area contributed by atoms with E-state index in [9.17, 15) is 14.9 Å². The quantitative estimate of drug-likeness (QED) is 0.682. The van der Waals surface area contributed by atoms with Crippen molar-refractivity contribution in [2.24, 2.45) is 0 Å². The summed E-state index contributed by atoms with van der Waals surface area (Å²) in [5.74, 6) is -0.150. The number of hydrogen-bond acceptors (Lipinski definition) is 4. The minimum absolute atomic E-state index is 0.000173. The SMILES string of the molecule is O=C(Cc1ccc(Br)s1)Nc1ccc([N+](=O)[O-])cc1. The highest BCUT2D eigenvalue weighted by molar-refractivity contribution is 9.11. The van der Waals surface area contributed by atoms with Gasteiger partial charge in [0, 0.05) is 22.7 Å². The standard InChI is InChI=1S/C12H9BrN2O3S/c13-11-6-5-10(19-11)7-12(16)14-8-1-3-9(4-2-8)15(17)18/h1-6H,7H2,(H,14,16). The van der Waals surface area contributed by atoms with Crippen molar-refractivity contribution in [1.82, 2.24) is 0 Å². The molecule has 0 spiro atoms. The molecule has 19 heavy (non-hydrogen) atoms. The molecule has 0 atom stereocenters. The minimum atomic E-state index is -0.477. The Morgan fingerprint density at radius 1 is 1.26 bits per heavy atom. The zero-order valence-electron chi connectivity index (χ0n) is 9.63. The van der Waals surface area contributed by atoms with E-state index in [0.29, 0.717) is 5.69 Å². The van der Waals surface area contributed by atoms with Gasteiger partial charge in [0.15, 0.2) is 0 Å². The average molecular weight is 341 g/mol. The predicted octanol–water partition coefficient (Wildman–Crippen LogP) is 3.60. The highest BCUT2D eigenvalue weighted by Gasteiger charge is 2.08. The van der Waals surface area contributed by atoms with E-state index in [4.69, 9.17) is 0 Å². The molecule has 5 nitrogen and oxygen atoms in total. The van der Waals surface area contributed by atoms with Gasteiger partial charge in [-0.25, -0.2) is 0 Å². The second-order valence-electron chi connectivity index (χ2n) is 3.73. The number of nitro groups is 1. The molecule has 1 aromatic heterocycles. The minimum Gasteiger partial charge on any atom is -0.326 e. The maximum Gasteiger partial charge on any atom is 0.269 e. The Balaban J connectivity index is 1.97. The van der Waals surface area contributed by atoms with Gasteiger partial charge in [-0.05, 0) is 40.2 Å². The van der Waals surface area contributed by atoms with Gasteiger partial charge in [-0.2, -0.15) is 0 Å². The molecule has 0 saturated heterocycles. The number of benzene rings is 1. The van der Waals surface area contributed by atoms with Crippen LogP contribution in [-0.4, -0.2) is 10.8 Å². The molecule has 1 amide bonds. The van der Waals surface area contributed by atoms with Gasteiger partial charge in [0.05, 0.1) is 15.1 Å². The summed E-state index contributed by atoms with van der Waals surface area (Å²) in [5, 5.41) is 13.2. The van der Waals surface area contributed by atoms with Crippen LogP contribution in [0.4, 0.5) is 11.4 Å². The van der Waals surface area contributed by atoms with Crippen LogP contribution in [0.25, 0.3) is 0 Å². The molecule has 0 aliphatic heterocycles. The molecule has 2 rings (SSSR count). The van der Waals surface area contributed by atoms with Crippen LogP contribution in [0.3, 0.4) is 0 Å². The number of nitrogens with one attached hydrogen (secondary N) is 1. The summed E-state index contributed by atoms with van der Waals surface area (Å²) in [5.41, 5.74) is 0.548. The van der Waals surface area contributed by atoms with Crippen molar-refractivity contribution in [3.05, 3.63) is 55.2 Å². The zero-order chi connectivity index (χ0) is 13.8. The Bertz CT molecular complexity index is 610. The zero-order valence-corrected chi connectivity index (χ0v) is 12.0. The summed E-state index contributed by atoms with van der Waals surface area (Å²) in [6.45, 7) is 0. The number of halogens is 1. The molecule has 0 bridgehead atoms. The van der Waals surface area contributed by atoms with Crippen LogP contribution in [0.1, 0.15) is 4.88 Å². The summed E-state index contributed by atoms with van der Waals surface area (Å²) in [6, 6.07) is 9.51. The average Bonchev–Trinajstić information content (AvgIpc) is 2.75. The van der Waals surface area contributed by atoms with Gasteiger partial charge in [0.2, 0.25) is 5.91 Å². The molecule has 7 heteroatoms. The number of carbonyl (C=O) groups is 1. The van der Waals surface area contributed by atoms with Crippen molar-refractivity contribution in [3.63, 3.8) is 0 Å². The molecular formula is C12H9BrN2O3S. The molecule has 98 valence electrons. The largest absolute Gasteiger partial charge is 0.326 e. The van der Waals surface area contributed by atoms with E-state index in [1.807, 2.05) is 12.1 Å². The third-order valence-corrected chi connectivity index (χ3v) is 3.95. The topological polar surface area (TPSA) is 72.2 Å². The van der Waals surface area contributed by atoms with Gasteiger partial charge in [0.1, 0.15) is 0 Å². The van der Waals surface area contributed by atoms with E-state index in [2.05, 4.69) is 21.2 Å². The lowest BCUT2D eigenvalue weighted by Gasteiger charge is -2.03. The second-order valence-corrected chi connectivity index (χ2v) is 6.28. The lowest BCUT2D eigenvalue weighted by molar-refractivity contribution is -0.384. The number of non-ortho nitro benzene ring substituents is 1. The lowest BCUT2D eigenvalue weighted by Crippen LogP contribution is -2.13. The smallest absolute Gasteiger partial charge is 0.269 e. The fraction of sp³-hybridized carbons (Fsp3) is 0.0833. The summed E-state index contributed by atoms with van der Waals surface area (Å²) >= 11 is 4.83. The third-order valence-electron chi connectivity index (χ3n) is 2.33. The van der Waals surface area contributed by atoms with Crippen molar-refractivity contribution >= 4 is 44.5 Å². The maximum atomic E-state index is 11.8. The first-order valence-corrected chi connectivity index (χ1v) is 6.94. The molecule has 2 aromatic rings. The van der Waals surface area contributed by atoms with E-state index in [0.717, 1.165) is 8.66 Å². The van der Waals surface area contributed by atoms with E-state index in [1.54, 1.807) is 0 Å². The van der Waals surface area contributed by atoms with E-state index >= 15 is 0 Å². The molecule has 1 N–H and O–H groups in total. The Labute approximate surface area is 121 Å². The first kappa shape index (κ1) is 13.7. The second kappa shape index (κ2) is 5.94. The number of amides is 1. The molecule has 0 aliphatic carbocycles. The van der Waals surface area contributed by atoms with Crippen molar-refractivity contribution in [2.45, 2.75) is 6.42 Å². The first-order chi connectivity index (χ1) is 9.04. The Morgan fingerprint density at radius 3 is 2.47 bits per heavy atom. The summed E-state index contributed by atoms with van der Waals surface area (Å²) < 4.78 is 0.977. The fourth-order valence-corrected chi connectivity index (χ4v) is 2.96. The van der Waals surface area contributed by atoms with Crippen molar-refractivity contribution < 1.29 is 9.72 Å².